The molecule has 1 aliphatic rings. The Morgan fingerprint density at radius 2 is 2.28 bits per heavy atom. The molecule has 5 nitrogen and oxygen atoms in total. The van der Waals surface area contributed by atoms with Gasteiger partial charge in [0.1, 0.15) is 0 Å². The summed E-state index contributed by atoms with van der Waals surface area (Å²) in [4.78, 5) is 24.9. The molecule has 1 amide bonds. The lowest BCUT2D eigenvalue weighted by atomic mass is 10.2. The number of esters is 1. The van der Waals surface area contributed by atoms with Crippen molar-refractivity contribution in [2.24, 2.45) is 5.73 Å². The molecule has 1 aromatic rings. The molecule has 0 bridgehead atoms. The fraction of sp³-hybridized carbons (Fsp3) is 0.333. The molecule has 1 heterocycles. The molecule has 1 fully saturated rings. The van der Waals surface area contributed by atoms with Gasteiger partial charge in [-0.2, -0.15) is 0 Å². The van der Waals surface area contributed by atoms with E-state index in [1.165, 1.54) is 7.11 Å². The fourth-order valence-electron chi connectivity index (χ4n) is 1.96. The van der Waals surface area contributed by atoms with Crippen LogP contribution in [-0.2, 0) is 9.53 Å². The lowest BCUT2D eigenvalue weighted by molar-refractivity contribution is -0.117. The predicted octanol–water partition coefficient (Wildman–Crippen LogP) is 1.30. The second kappa shape index (κ2) is 5.07. The van der Waals surface area contributed by atoms with Gasteiger partial charge in [-0.25, -0.2) is 4.79 Å². The average Bonchev–Trinajstić information content (AvgIpc) is 2.68. The van der Waals surface area contributed by atoms with E-state index in [-0.39, 0.29) is 11.9 Å². The molecule has 0 radical (unpaired) electrons. The number of halogens is 1. The zero-order valence-corrected chi connectivity index (χ0v) is 11.4. The highest BCUT2D eigenvalue weighted by Crippen LogP contribution is 2.32. The molecule has 1 aliphatic heterocycles. The van der Waals surface area contributed by atoms with Gasteiger partial charge in [-0.15, -0.1) is 0 Å². The Labute approximate surface area is 113 Å². The van der Waals surface area contributed by atoms with Crippen molar-refractivity contribution in [3.05, 3.63) is 28.2 Å². The summed E-state index contributed by atoms with van der Waals surface area (Å²) in [6.07, 6.45) is 0.328. The second-order valence-electron chi connectivity index (χ2n) is 4.10. The Morgan fingerprint density at radius 1 is 1.56 bits per heavy atom. The van der Waals surface area contributed by atoms with Crippen LogP contribution in [0.3, 0.4) is 0 Å². The molecule has 1 unspecified atom stereocenters. The highest BCUT2D eigenvalue weighted by atomic mass is 79.9. The first-order valence-corrected chi connectivity index (χ1v) is 6.26. The predicted molar refractivity (Wildman–Crippen MR) is 70.4 cm³/mol. The Kier molecular flexibility index (Phi) is 3.68. The van der Waals surface area contributed by atoms with Crippen LogP contribution in [-0.4, -0.2) is 31.6 Å². The summed E-state index contributed by atoms with van der Waals surface area (Å²) in [5, 5.41) is 0. The Balaban J connectivity index is 2.40. The normalized spacial score (nSPS) is 19.2. The minimum atomic E-state index is -0.445. The maximum atomic E-state index is 11.8. The van der Waals surface area contributed by atoms with Crippen molar-refractivity contribution in [3.63, 3.8) is 0 Å². The Bertz CT molecular complexity index is 504. The molecule has 6 heteroatoms. The number of nitrogens with two attached hydrogens (primary N) is 1. The maximum absolute atomic E-state index is 11.8. The summed E-state index contributed by atoms with van der Waals surface area (Å²) in [5.41, 5.74) is 6.80. The SMILES string of the molecule is COC(=O)c1cccc(N2CC(N)CC2=O)c1Br. The second-order valence-corrected chi connectivity index (χ2v) is 4.89. The van der Waals surface area contributed by atoms with Gasteiger partial charge in [-0.05, 0) is 28.1 Å². The van der Waals surface area contributed by atoms with Crippen molar-refractivity contribution in [1.29, 1.82) is 0 Å². The van der Waals surface area contributed by atoms with Gasteiger partial charge in [0.25, 0.3) is 0 Å². The fourth-order valence-corrected chi connectivity index (χ4v) is 2.60. The van der Waals surface area contributed by atoms with Gasteiger partial charge >= 0.3 is 5.97 Å². The number of anilines is 1. The van der Waals surface area contributed by atoms with E-state index < -0.39 is 5.97 Å². The van der Waals surface area contributed by atoms with Gasteiger partial charge in [-0.1, -0.05) is 6.07 Å². The van der Waals surface area contributed by atoms with E-state index in [0.29, 0.717) is 28.7 Å². The summed E-state index contributed by atoms with van der Waals surface area (Å²) >= 11 is 3.34. The van der Waals surface area contributed by atoms with E-state index in [0.717, 1.165) is 0 Å². The monoisotopic (exact) mass is 312 g/mol. The summed E-state index contributed by atoms with van der Waals surface area (Å²) in [5.74, 6) is -0.482. The van der Waals surface area contributed by atoms with Crippen LogP contribution < -0.4 is 10.6 Å². The average molecular weight is 313 g/mol. The first-order valence-electron chi connectivity index (χ1n) is 5.47. The van der Waals surface area contributed by atoms with E-state index in [9.17, 15) is 9.59 Å². The van der Waals surface area contributed by atoms with Gasteiger partial charge in [0.15, 0.2) is 0 Å². The van der Waals surface area contributed by atoms with Crippen LogP contribution in [0.15, 0.2) is 22.7 Å². The van der Waals surface area contributed by atoms with Crippen molar-refractivity contribution < 1.29 is 14.3 Å². The zero-order chi connectivity index (χ0) is 13.3. The largest absolute Gasteiger partial charge is 0.465 e. The molecule has 1 aromatic carbocycles. The molecule has 18 heavy (non-hydrogen) atoms. The number of nitrogens with zero attached hydrogens (tertiary/aromatic N) is 1. The minimum Gasteiger partial charge on any atom is -0.465 e. The smallest absolute Gasteiger partial charge is 0.339 e. The number of methoxy groups -OCH3 is 1. The Hall–Kier alpha value is -1.40. The van der Waals surface area contributed by atoms with E-state index in [1.54, 1.807) is 23.1 Å². The number of hydrogen-bond acceptors (Lipinski definition) is 4. The summed E-state index contributed by atoms with van der Waals surface area (Å²) in [7, 11) is 1.32. The number of ether oxygens (including phenoxy) is 1. The van der Waals surface area contributed by atoms with E-state index in [2.05, 4.69) is 20.7 Å². The van der Waals surface area contributed by atoms with Crippen LogP contribution in [0.1, 0.15) is 16.8 Å². The third-order valence-electron chi connectivity index (χ3n) is 2.83. The van der Waals surface area contributed by atoms with Gasteiger partial charge in [0.2, 0.25) is 5.91 Å². The highest BCUT2D eigenvalue weighted by Gasteiger charge is 2.30. The summed E-state index contributed by atoms with van der Waals surface area (Å²) in [6, 6.07) is 4.96. The van der Waals surface area contributed by atoms with Gasteiger partial charge in [-0.3, -0.25) is 4.79 Å². The summed E-state index contributed by atoms with van der Waals surface area (Å²) < 4.78 is 5.24. The quantitative estimate of drug-likeness (QED) is 0.835. The maximum Gasteiger partial charge on any atom is 0.339 e. The number of carbonyl (C=O) groups excluding carboxylic acids is 2. The first-order chi connectivity index (χ1) is 8.54. The molecule has 0 saturated carbocycles. The van der Waals surface area contributed by atoms with Crippen molar-refractivity contribution >= 4 is 33.5 Å². The zero-order valence-electron chi connectivity index (χ0n) is 9.85. The van der Waals surface area contributed by atoms with Crippen LogP contribution in [0.4, 0.5) is 5.69 Å². The van der Waals surface area contributed by atoms with Crippen molar-refractivity contribution in [2.75, 3.05) is 18.6 Å². The van der Waals surface area contributed by atoms with Crippen molar-refractivity contribution in [3.8, 4) is 0 Å². The van der Waals surface area contributed by atoms with Crippen molar-refractivity contribution in [2.45, 2.75) is 12.5 Å². The third-order valence-corrected chi connectivity index (χ3v) is 3.66. The standard InChI is InChI=1S/C12H13BrN2O3/c1-18-12(17)8-3-2-4-9(11(8)13)15-6-7(14)5-10(15)16/h2-4,7H,5-6,14H2,1H3. The topological polar surface area (TPSA) is 72.6 Å². The van der Waals surface area contributed by atoms with Crippen LogP contribution in [0.2, 0.25) is 0 Å². The number of benzene rings is 1. The van der Waals surface area contributed by atoms with Crippen LogP contribution >= 0.6 is 15.9 Å². The molecular weight excluding hydrogens is 300 g/mol. The van der Waals surface area contributed by atoms with Gasteiger partial charge < -0.3 is 15.4 Å². The van der Waals surface area contributed by atoms with Crippen LogP contribution in [0.25, 0.3) is 0 Å². The molecule has 1 atom stereocenters. The lowest BCUT2D eigenvalue weighted by Gasteiger charge is -2.19. The highest BCUT2D eigenvalue weighted by molar-refractivity contribution is 9.10. The molecule has 2 N–H and O–H groups in total. The third kappa shape index (κ3) is 2.26. The van der Waals surface area contributed by atoms with Gasteiger partial charge in [0.05, 0.1) is 22.8 Å². The molecule has 0 aromatic heterocycles. The number of hydrogen-bond donors (Lipinski definition) is 1. The number of rotatable bonds is 2. The molecule has 1 saturated heterocycles. The van der Waals surface area contributed by atoms with Crippen LogP contribution in [0.5, 0.6) is 0 Å². The van der Waals surface area contributed by atoms with E-state index >= 15 is 0 Å². The lowest BCUT2D eigenvalue weighted by Crippen LogP contribution is -2.28. The molecule has 0 spiro atoms. The number of amides is 1. The number of carbonyl (C=O) groups is 2. The molecule has 0 aliphatic carbocycles. The Morgan fingerprint density at radius 3 is 2.83 bits per heavy atom. The van der Waals surface area contributed by atoms with E-state index in [1.807, 2.05) is 0 Å². The minimum absolute atomic E-state index is 0.0368. The molecule has 96 valence electrons. The molecule has 2 rings (SSSR count). The van der Waals surface area contributed by atoms with E-state index in [4.69, 9.17) is 5.73 Å². The van der Waals surface area contributed by atoms with Crippen molar-refractivity contribution in [1.82, 2.24) is 0 Å². The molecular formula is C12H13BrN2O3. The van der Waals surface area contributed by atoms with Crippen LogP contribution in [0, 0.1) is 0 Å². The summed E-state index contributed by atoms with van der Waals surface area (Å²) in [6.45, 7) is 0.460. The van der Waals surface area contributed by atoms with Gasteiger partial charge in [0, 0.05) is 19.0 Å². The first kappa shape index (κ1) is 13.0.